The molecule has 0 aliphatic rings. The Labute approximate surface area is 156 Å². The third kappa shape index (κ3) is 4.82. The number of carbonyl (C=O) groups is 2. The molecule has 0 fully saturated rings. The first-order valence-electron chi connectivity index (χ1n) is 7.96. The zero-order valence-corrected chi connectivity index (χ0v) is 15.3. The predicted molar refractivity (Wildman–Crippen MR) is 99.3 cm³/mol. The predicted octanol–water partition coefficient (Wildman–Crippen LogP) is 4.46. The van der Waals surface area contributed by atoms with Gasteiger partial charge in [0.15, 0.2) is 23.1 Å². The molecule has 0 N–H and O–H groups in total. The lowest BCUT2D eigenvalue weighted by Gasteiger charge is -2.12. The number of carbonyl (C=O) groups excluding carboxylic acids is 2. The van der Waals surface area contributed by atoms with Crippen molar-refractivity contribution in [1.29, 1.82) is 0 Å². The number of methoxy groups -OCH3 is 1. The second-order valence-electron chi connectivity index (χ2n) is 5.85. The summed E-state index contributed by atoms with van der Waals surface area (Å²) < 4.78 is 29.6. The Balaban J connectivity index is 2.31. The average Bonchev–Trinajstić information content (AvgIpc) is 2.63. The van der Waals surface area contributed by atoms with Crippen LogP contribution in [0.25, 0.3) is 11.1 Å². The zero-order chi connectivity index (χ0) is 20.1. The van der Waals surface area contributed by atoms with Crippen LogP contribution < -0.4 is 14.2 Å². The highest BCUT2D eigenvalue weighted by Gasteiger charge is 2.14. The van der Waals surface area contributed by atoms with Gasteiger partial charge in [-0.3, -0.25) is 0 Å². The zero-order valence-electron chi connectivity index (χ0n) is 15.3. The van der Waals surface area contributed by atoms with Crippen molar-refractivity contribution >= 4 is 11.9 Å². The maximum absolute atomic E-state index is 14.3. The second-order valence-corrected chi connectivity index (χ2v) is 5.85. The van der Waals surface area contributed by atoms with Gasteiger partial charge in [-0.15, -0.1) is 0 Å². The summed E-state index contributed by atoms with van der Waals surface area (Å²) in [5.41, 5.74) is 1.57. The number of hydrogen-bond donors (Lipinski definition) is 0. The Bertz CT molecular complexity index is 930. The lowest BCUT2D eigenvalue weighted by atomic mass is 10.0. The molecule has 5 nitrogen and oxygen atoms in total. The number of rotatable bonds is 6. The van der Waals surface area contributed by atoms with Crippen LogP contribution in [0.4, 0.5) is 4.39 Å². The van der Waals surface area contributed by atoms with Gasteiger partial charge in [0.2, 0.25) is 0 Å². The fourth-order valence-corrected chi connectivity index (χ4v) is 2.07. The van der Waals surface area contributed by atoms with E-state index in [1.807, 2.05) is 0 Å². The summed E-state index contributed by atoms with van der Waals surface area (Å²) in [7, 11) is 1.43. The molecule has 2 aromatic rings. The van der Waals surface area contributed by atoms with Gasteiger partial charge in [-0.05, 0) is 49.2 Å². The molecule has 27 heavy (non-hydrogen) atoms. The van der Waals surface area contributed by atoms with E-state index in [4.69, 9.17) is 14.2 Å². The molecule has 0 unspecified atom stereocenters. The number of hydrogen-bond acceptors (Lipinski definition) is 5. The molecule has 0 spiro atoms. The summed E-state index contributed by atoms with van der Waals surface area (Å²) in [6.45, 7) is 9.99. The molecule has 0 bridgehead atoms. The second kappa shape index (κ2) is 8.31. The number of esters is 2. The standard InChI is InChI=1S/C21H19FO5/c1-12(2)20(23)26-17-8-6-14(10-16(17)22)15-7-9-18(19(11-15)25-5)27-21(24)13(3)4/h6-11H,1,3H2,2,4-5H3. The van der Waals surface area contributed by atoms with Crippen LogP contribution in [0.15, 0.2) is 60.7 Å². The van der Waals surface area contributed by atoms with Crippen molar-refractivity contribution in [3.05, 3.63) is 66.5 Å². The summed E-state index contributed by atoms with van der Waals surface area (Å²) in [6, 6.07) is 8.98. The highest BCUT2D eigenvalue weighted by molar-refractivity contribution is 5.89. The van der Waals surface area contributed by atoms with Crippen LogP contribution in [0.3, 0.4) is 0 Å². The van der Waals surface area contributed by atoms with E-state index in [1.165, 1.54) is 33.1 Å². The highest BCUT2D eigenvalue weighted by Crippen LogP contribution is 2.34. The van der Waals surface area contributed by atoms with Crippen LogP contribution in [-0.4, -0.2) is 19.0 Å². The molecule has 2 aromatic carbocycles. The largest absolute Gasteiger partial charge is 0.493 e. The molecule has 2 rings (SSSR count). The summed E-state index contributed by atoms with van der Waals surface area (Å²) in [6.07, 6.45) is 0. The molecular weight excluding hydrogens is 351 g/mol. The molecule has 0 amide bonds. The lowest BCUT2D eigenvalue weighted by molar-refractivity contribution is -0.131. The topological polar surface area (TPSA) is 61.8 Å². The third-order valence-electron chi connectivity index (χ3n) is 3.53. The molecular formula is C21H19FO5. The first-order chi connectivity index (χ1) is 12.7. The fourth-order valence-electron chi connectivity index (χ4n) is 2.07. The average molecular weight is 370 g/mol. The molecule has 0 saturated carbocycles. The molecule has 0 heterocycles. The van der Waals surface area contributed by atoms with Gasteiger partial charge in [-0.1, -0.05) is 25.3 Å². The lowest BCUT2D eigenvalue weighted by Crippen LogP contribution is -2.09. The van der Waals surface area contributed by atoms with E-state index in [2.05, 4.69) is 13.2 Å². The van der Waals surface area contributed by atoms with E-state index in [0.717, 1.165) is 0 Å². The van der Waals surface area contributed by atoms with Gasteiger partial charge in [0.25, 0.3) is 0 Å². The fraction of sp³-hybridized carbons (Fsp3) is 0.143. The van der Waals surface area contributed by atoms with E-state index in [1.54, 1.807) is 24.3 Å². The van der Waals surface area contributed by atoms with Gasteiger partial charge < -0.3 is 14.2 Å². The minimum absolute atomic E-state index is 0.170. The Hall–Kier alpha value is -3.41. The molecule has 6 heteroatoms. The SMILES string of the molecule is C=C(C)C(=O)Oc1ccc(-c2ccc(OC(=O)C(=C)C)c(OC)c2)cc1F. The monoisotopic (exact) mass is 370 g/mol. The summed E-state index contributed by atoms with van der Waals surface area (Å²) in [4.78, 5) is 23.2. The molecule has 0 aromatic heterocycles. The minimum atomic E-state index is -0.702. The van der Waals surface area contributed by atoms with Gasteiger partial charge in [0, 0.05) is 11.1 Å². The van der Waals surface area contributed by atoms with Crippen LogP contribution in [0.5, 0.6) is 17.2 Å². The van der Waals surface area contributed by atoms with Crippen LogP contribution >= 0.6 is 0 Å². The van der Waals surface area contributed by atoms with Crippen LogP contribution in [-0.2, 0) is 9.59 Å². The Morgan fingerprint density at radius 2 is 1.30 bits per heavy atom. The van der Waals surface area contributed by atoms with Gasteiger partial charge in [0.05, 0.1) is 7.11 Å². The van der Waals surface area contributed by atoms with Crippen molar-refractivity contribution < 1.29 is 28.2 Å². The van der Waals surface area contributed by atoms with Crippen molar-refractivity contribution in [2.75, 3.05) is 7.11 Å². The first-order valence-corrected chi connectivity index (χ1v) is 7.96. The van der Waals surface area contributed by atoms with E-state index < -0.39 is 17.8 Å². The van der Waals surface area contributed by atoms with Crippen molar-refractivity contribution in [2.45, 2.75) is 13.8 Å². The quantitative estimate of drug-likeness (QED) is 0.427. The van der Waals surface area contributed by atoms with Gasteiger partial charge >= 0.3 is 11.9 Å². The molecule has 0 aliphatic heterocycles. The normalized spacial score (nSPS) is 10.1. The van der Waals surface area contributed by atoms with Crippen molar-refractivity contribution in [1.82, 2.24) is 0 Å². The van der Waals surface area contributed by atoms with E-state index in [-0.39, 0.29) is 22.6 Å². The summed E-state index contributed by atoms with van der Waals surface area (Å²) in [5.74, 6) is -1.63. The maximum Gasteiger partial charge on any atom is 0.338 e. The van der Waals surface area contributed by atoms with Gasteiger partial charge in [-0.2, -0.15) is 0 Å². The third-order valence-corrected chi connectivity index (χ3v) is 3.53. The van der Waals surface area contributed by atoms with Crippen molar-refractivity contribution in [3.8, 4) is 28.4 Å². The summed E-state index contributed by atoms with van der Waals surface area (Å²) >= 11 is 0. The molecule has 0 radical (unpaired) electrons. The van der Waals surface area contributed by atoms with Crippen LogP contribution in [0.1, 0.15) is 13.8 Å². The minimum Gasteiger partial charge on any atom is -0.493 e. The number of ether oxygens (including phenoxy) is 3. The molecule has 140 valence electrons. The maximum atomic E-state index is 14.3. The smallest absolute Gasteiger partial charge is 0.338 e. The van der Waals surface area contributed by atoms with Crippen LogP contribution in [0, 0.1) is 5.82 Å². The van der Waals surface area contributed by atoms with Gasteiger partial charge in [-0.25, -0.2) is 14.0 Å². The van der Waals surface area contributed by atoms with Crippen LogP contribution in [0.2, 0.25) is 0 Å². The van der Waals surface area contributed by atoms with Gasteiger partial charge in [0.1, 0.15) is 0 Å². The molecule has 0 atom stereocenters. The van der Waals surface area contributed by atoms with E-state index in [9.17, 15) is 14.0 Å². The van der Waals surface area contributed by atoms with Crippen molar-refractivity contribution in [2.24, 2.45) is 0 Å². The molecule has 0 aliphatic carbocycles. The Morgan fingerprint density at radius 1 is 0.815 bits per heavy atom. The van der Waals surface area contributed by atoms with Crippen molar-refractivity contribution in [3.63, 3.8) is 0 Å². The summed E-state index contributed by atoms with van der Waals surface area (Å²) in [5, 5.41) is 0. The Morgan fingerprint density at radius 3 is 1.78 bits per heavy atom. The number of benzene rings is 2. The molecule has 0 saturated heterocycles. The van der Waals surface area contributed by atoms with E-state index in [0.29, 0.717) is 16.9 Å². The van der Waals surface area contributed by atoms with E-state index >= 15 is 0 Å². The number of halogens is 1. The first kappa shape index (κ1) is 19.9. The Kier molecular flexibility index (Phi) is 6.13. The highest BCUT2D eigenvalue weighted by atomic mass is 19.1.